The number of nitrogens with zero attached hydrogens (tertiary/aromatic N) is 3. The minimum absolute atomic E-state index is 0.0824. The van der Waals surface area contributed by atoms with Crippen molar-refractivity contribution in [1.82, 2.24) is 15.0 Å². The summed E-state index contributed by atoms with van der Waals surface area (Å²) in [5.41, 5.74) is -0.00733. The lowest BCUT2D eigenvalue weighted by Crippen LogP contribution is -2.29. The van der Waals surface area contributed by atoms with Gasteiger partial charge in [-0.2, -0.15) is 0 Å². The summed E-state index contributed by atoms with van der Waals surface area (Å²) < 4.78 is 16.2. The maximum atomic E-state index is 12.9. The number of benzene rings is 1. The molecule has 0 saturated heterocycles. The monoisotopic (exact) mass is 404 g/mol. The molecular formula is C19H24N4O6. The van der Waals surface area contributed by atoms with E-state index in [2.05, 4.69) is 15.6 Å². The summed E-state index contributed by atoms with van der Waals surface area (Å²) in [5, 5.41) is 10.4. The fourth-order valence-electron chi connectivity index (χ4n) is 2.63. The number of carbonyl (C=O) groups is 3. The normalized spacial score (nSPS) is 11.4. The first-order valence-corrected chi connectivity index (χ1v) is 9.21. The summed E-state index contributed by atoms with van der Waals surface area (Å²) >= 11 is 0. The maximum absolute atomic E-state index is 12.9. The van der Waals surface area contributed by atoms with E-state index in [0.717, 1.165) is 4.68 Å². The first-order chi connectivity index (χ1) is 14.0. The van der Waals surface area contributed by atoms with Crippen molar-refractivity contribution >= 4 is 23.5 Å². The molecule has 1 amide bonds. The predicted molar refractivity (Wildman–Crippen MR) is 103 cm³/mol. The van der Waals surface area contributed by atoms with E-state index >= 15 is 0 Å². The van der Waals surface area contributed by atoms with E-state index in [1.54, 1.807) is 45.0 Å². The molecule has 1 heterocycles. The molecule has 0 fully saturated rings. The van der Waals surface area contributed by atoms with Crippen LogP contribution >= 0.6 is 0 Å². The van der Waals surface area contributed by atoms with Crippen LogP contribution in [0.5, 0.6) is 5.75 Å². The molecule has 1 aromatic carbocycles. The van der Waals surface area contributed by atoms with Crippen molar-refractivity contribution in [3.8, 4) is 5.75 Å². The third-order valence-electron chi connectivity index (χ3n) is 3.95. The van der Waals surface area contributed by atoms with Gasteiger partial charge >= 0.3 is 11.9 Å². The maximum Gasteiger partial charge on any atom is 0.361 e. The topological polar surface area (TPSA) is 122 Å². The minimum Gasteiger partial charge on any atom is -0.497 e. The molecule has 0 aliphatic rings. The van der Waals surface area contributed by atoms with E-state index < -0.39 is 23.9 Å². The number of aromatic nitrogens is 3. The highest BCUT2D eigenvalue weighted by Crippen LogP contribution is 2.22. The van der Waals surface area contributed by atoms with Gasteiger partial charge in [0.1, 0.15) is 11.8 Å². The van der Waals surface area contributed by atoms with Gasteiger partial charge in [0.25, 0.3) is 0 Å². The highest BCUT2D eigenvalue weighted by Gasteiger charge is 2.33. The van der Waals surface area contributed by atoms with Crippen LogP contribution in [0.3, 0.4) is 0 Å². The summed E-state index contributed by atoms with van der Waals surface area (Å²) in [6.45, 7) is 5.18. The summed E-state index contributed by atoms with van der Waals surface area (Å²) in [6, 6.07) is 5.92. The van der Waals surface area contributed by atoms with E-state index in [1.165, 1.54) is 7.11 Å². The third kappa shape index (κ3) is 5.09. The number of carbonyl (C=O) groups excluding carboxylic acids is 3. The van der Waals surface area contributed by atoms with Crippen LogP contribution in [-0.2, 0) is 14.3 Å². The van der Waals surface area contributed by atoms with Gasteiger partial charge in [0, 0.05) is 11.8 Å². The Labute approximate surface area is 168 Å². The molecule has 0 bridgehead atoms. The Bertz CT molecular complexity index is 879. The second-order valence-corrected chi connectivity index (χ2v) is 5.82. The van der Waals surface area contributed by atoms with Gasteiger partial charge in [0.05, 0.1) is 20.3 Å². The van der Waals surface area contributed by atoms with E-state index in [1.807, 2.05) is 0 Å². The quantitative estimate of drug-likeness (QED) is 0.632. The average Bonchev–Trinajstić information content (AvgIpc) is 3.14. The molecular weight excluding hydrogens is 380 g/mol. The van der Waals surface area contributed by atoms with Crippen molar-refractivity contribution in [2.24, 2.45) is 0 Å². The van der Waals surface area contributed by atoms with Crippen molar-refractivity contribution < 1.29 is 28.6 Å². The lowest BCUT2D eigenvalue weighted by molar-refractivity contribution is -0.119. The molecule has 0 spiro atoms. The average molecular weight is 404 g/mol. The Morgan fingerprint density at radius 2 is 1.79 bits per heavy atom. The van der Waals surface area contributed by atoms with Crippen molar-refractivity contribution in [2.75, 3.05) is 25.6 Å². The van der Waals surface area contributed by atoms with Crippen molar-refractivity contribution in [2.45, 2.75) is 33.2 Å². The highest BCUT2D eigenvalue weighted by atomic mass is 16.5. The zero-order valence-electron chi connectivity index (χ0n) is 16.8. The Kier molecular flexibility index (Phi) is 7.70. The van der Waals surface area contributed by atoms with Crippen LogP contribution in [0.4, 0.5) is 5.69 Å². The smallest absolute Gasteiger partial charge is 0.361 e. The van der Waals surface area contributed by atoms with E-state index in [-0.39, 0.29) is 31.0 Å². The molecule has 0 aliphatic heterocycles. The van der Waals surface area contributed by atoms with Crippen molar-refractivity contribution in [3.05, 3.63) is 35.7 Å². The number of ether oxygens (including phenoxy) is 3. The summed E-state index contributed by atoms with van der Waals surface area (Å²) in [5.74, 6) is -1.49. The molecule has 1 aromatic heterocycles. The Balaban J connectivity index is 2.39. The van der Waals surface area contributed by atoms with Crippen LogP contribution in [0.15, 0.2) is 24.3 Å². The fraction of sp³-hybridized carbons (Fsp3) is 0.421. The van der Waals surface area contributed by atoms with Gasteiger partial charge in [0.15, 0.2) is 5.69 Å². The molecule has 0 aliphatic carbocycles. The Morgan fingerprint density at radius 1 is 1.10 bits per heavy atom. The largest absolute Gasteiger partial charge is 0.497 e. The van der Waals surface area contributed by atoms with Crippen LogP contribution in [0.25, 0.3) is 0 Å². The standard InChI is InChI=1S/C19H24N4O6/c1-5-14(17(24)20-12-9-8-10-13(11-12)27-4)23-16(19(26)29-7-3)15(21-22-23)18(25)28-6-2/h8-11,14H,5-7H2,1-4H3,(H,20,24). The first kappa shape index (κ1) is 21.9. The number of anilines is 1. The van der Waals surface area contributed by atoms with Gasteiger partial charge < -0.3 is 19.5 Å². The highest BCUT2D eigenvalue weighted by molar-refractivity contribution is 6.01. The lowest BCUT2D eigenvalue weighted by Gasteiger charge is -2.17. The van der Waals surface area contributed by atoms with Gasteiger partial charge in [-0.05, 0) is 32.4 Å². The fourth-order valence-corrected chi connectivity index (χ4v) is 2.63. The van der Waals surface area contributed by atoms with Gasteiger partial charge in [-0.25, -0.2) is 14.3 Å². The third-order valence-corrected chi connectivity index (χ3v) is 3.95. The van der Waals surface area contributed by atoms with E-state index in [9.17, 15) is 14.4 Å². The number of methoxy groups -OCH3 is 1. The predicted octanol–water partition coefficient (Wildman–Crippen LogP) is 2.23. The van der Waals surface area contributed by atoms with Crippen LogP contribution in [-0.4, -0.2) is 53.2 Å². The molecule has 1 N–H and O–H groups in total. The number of hydrogen-bond acceptors (Lipinski definition) is 8. The molecule has 2 rings (SSSR count). The van der Waals surface area contributed by atoms with Crippen molar-refractivity contribution in [3.63, 3.8) is 0 Å². The number of amides is 1. The summed E-state index contributed by atoms with van der Waals surface area (Å²) in [7, 11) is 1.52. The molecule has 156 valence electrons. The molecule has 10 nitrogen and oxygen atoms in total. The van der Waals surface area contributed by atoms with Gasteiger partial charge in [0.2, 0.25) is 11.6 Å². The molecule has 10 heteroatoms. The lowest BCUT2D eigenvalue weighted by atomic mass is 10.2. The number of hydrogen-bond donors (Lipinski definition) is 1. The van der Waals surface area contributed by atoms with Crippen LogP contribution < -0.4 is 10.1 Å². The molecule has 2 aromatic rings. The second kappa shape index (κ2) is 10.2. The Morgan fingerprint density at radius 3 is 2.41 bits per heavy atom. The molecule has 29 heavy (non-hydrogen) atoms. The Hall–Kier alpha value is -3.43. The van der Waals surface area contributed by atoms with E-state index in [0.29, 0.717) is 11.4 Å². The number of nitrogens with one attached hydrogen (secondary N) is 1. The van der Waals surface area contributed by atoms with Gasteiger partial charge in [-0.15, -0.1) is 5.10 Å². The summed E-state index contributed by atoms with van der Waals surface area (Å²) in [6.07, 6.45) is 0.286. The molecule has 1 unspecified atom stereocenters. The number of esters is 2. The first-order valence-electron chi connectivity index (χ1n) is 9.21. The number of rotatable bonds is 9. The molecule has 1 atom stereocenters. The summed E-state index contributed by atoms with van der Waals surface area (Å²) in [4.78, 5) is 37.5. The molecule has 0 saturated carbocycles. The van der Waals surface area contributed by atoms with Crippen LogP contribution in [0.1, 0.15) is 54.2 Å². The second-order valence-electron chi connectivity index (χ2n) is 5.82. The van der Waals surface area contributed by atoms with Gasteiger partial charge in [-0.1, -0.05) is 18.2 Å². The molecule has 0 radical (unpaired) electrons. The van der Waals surface area contributed by atoms with Crippen LogP contribution in [0, 0.1) is 0 Å². The van der Waals surface area contributed by atoms with Gasteiger partial charge in [-0.3, -0.25) is 4.79 Å². The zero-order valence-corrected chi connectivity index (χ0v) is 16.8. The van der Waals surface area contributed by atoms with E-state index in [4.69, 9.17) is 14.2 Å². The van der Waals surface area contributed by atoms with Crippen LogP contribution in [0.2, 0.25) is 0 Å². The van der Waals surface area contributed by atoms with Crippen molar-refractivity contribution in [1.29, 1.82) is 0 Å². The zero-order chi connectivity index (χ0) is 21.4. The SMILES string of the molecule is CCOC(=O)c1nnn(C(CC)C(=O)Nc2cccc(OC)c2)c1C(=O)OCC. The minimum atomic E-state index is -0.906.